The first-order chi connectivity index (χ1) is 10.3. The van der Waals surface area contributed by atoms with Gasteiger partial charge in [0.15, 0.2) is 0 Å². The maximum Gasteiger partial charge on any atom is 0.254 e. The molecule has 1 amide bonds. The fourth-order valence-corrected chi connectivity index (χ4v) is 2.96. The van der Waals surface area contributed by atoms with Crippen LogP contribution in [0.2, 0.25) is 0 Å². The van der Waals surface area contributed by atoms with Gasteiger partial charge in [0.1, 0.15) is 11.6 Å². The van der Waals surface area contributed by atoms with Gasteiger partial charge in [-0.05, 0) is 25.1 Å². The molecule has 0 saturated heterocycles. The predicted molar refractivity (Wildman–Crippen MR) is 77.5 cm³/mol. The van der Waals surface area contributed by atoms with E-state index in [9.17, 15) is 18.7 Å². The van der Waals surface area contributed by atoms with Gasteiger partial charge in [0.05, 0.1) is 23.8 Å². The van der Waals surface area contributed by atoms with Crippen molar-refractivity contribution in [2.24, 2.45) is 5.41 Å². The van der Waals surface area contributed by atoms with E-state index in [4.69, 9.17) is 4.74 Å². The minimum atomic E-state index is -0.914. The summed E-state index contributed by atoms with van der Waals surface area (Å²) in [5.74, 6) is -2.23. The normalized spacial score (nSPS) is 26.4. The van der Waals surface area contributed by atoms with Crippen molar-refractivity contribution in [2.45, 2.75) is 38.8 Å². The number of benzene rings is 1. The number of hydrogen-bond donors (Lipinski definition) is 2. The van der Waals surface area contributed by atoms with Crippen LogP contribution in [0.5, 0.6) is 0 Å². The largest absolute Gasteiger partial charge is 0.394 e. The Bertz CT molecular complexity index is 577. The molecule has 2 N–H and O–H groups in total. The lowest BCUT2D eigenvalue weighted by atomic mass is 9.54. The molecular formula is C16H21F2NO3. The smallest absolute Gasteiger partial charge is 0.254 e. The van der Waals surface area contributed by atoms with E-state index in [1.807, 2.05) is 20.8 Å². The summed E-state index contributed by atoms with van der Waals surface area (Å²) in [7, 11) is 0. The molecule has 1 saturated carbocycles. The highest BCUT2D eigenvalue weighted by molar-refractivity contribution is 5.95. The van der Waals surface area contributed by atoms with Crippen molar-refractivity contribution in [2.75, 3.05) is 13.2 Å². The van der Waals surface area contributed by atoms with Crippen molar-refractivity contribution in [1.82, 2.24) is 5.32 Å². The summed E-state index contributed by atoms with van der Waals surface area (Å²) < 4.78 is 32.5. The summed E-state index contributed by atoms with van der Waals surface area (Å²) in [6.07, 6.45) is 0.315. The molecule has 1 fully saturated rings. The van der Waals surface area contributed by atoms with Crippen LogP contribution < -0.4 is 5.32 Å². The number of nitrogens with one attached hydrogen (secondary N) is 1. The highest BCUT2D eigenvalue weighted by Gasteiger charge is 2.61. The summed E-state index contributed by atoms with van der Waals surface area (Å²) in [5.41, 5.74) is -1.80. The third-order valence-corrected chi connectivity index (χ3v) is 4.74. The maximum atomic E-state index is 13.7. The van der Waals surface area contributed by atoms with Crippen molar-refractivity contribution in [3.63, 3.8) is 0 Å². The number of rotatable bonds is 5. The highest BCUT2D eigenvalue weighted by atomic mass is 19.1. The van der Waals surface area contributed by atoms with E-state index in [1.54, 1.807) is 0 Å². The molecule has 4 nitrogen and oxygen atoms in total. The van der Waals surface area contributed by atoms with Gasteiger partial charge < -0.3 is 15.2 Å². The second kappa shape index (κ2) is 5.93. The van der Waals surface area contributed by atoms with Crippen LogP contribution in [0.4, 0.5) is 8.78 Å². The van der Waals surface area contributed by atoms with Crippen LogP contribution in [0.15, 0.2) is 18.2 Å². The van der Waals surface area contributed by atoms with Crippen LogP contribution in [0.3, 0.4) is 0 Å². The Morgan fingerprint density at radius 2 is 2.14 bits per heavy atom. The molecule has 1 aromatic rings. The molecule has 22 heavy (non-hydrogen) atoms. The lowest BCUT2D eigenvalue weighted by Gasteiger charge is -2.60. The number of aliphatic hydroxyl groups excluding tert-OH is 1. The first-order valence-corrected chi connectivity index (χ1v) is 7.27. The Labute approximate surface area is 128 Å². The van der Waals surface area contributed by atoms with E-state index in [0.717, 1.165) is 18.2 Å². The predicted octanol–water partition coefficient (Wildman–Crippen LogP) is 2.26. The molecule has 0 spiro atoms. The third kappa shape index (κ3) is 2.61. The summed E-state index contributed by atoms with van der Waals surface area (Å²) in [5, 5.41) is 12.4. The van der Waals surface area contributed by atoms with Crippen LogP contribution in [0.1, 0.15) is 37.6 Å². The number of amides is 1. The molecule has 0 aromatic heterocycles. The standard InChI is InChI=1S/C16H21F2NO3/c1-4-22-13-8-16(9-20,15(13,2)3)19-14(21)11-7-10(17)5-6-12(11)18/h5-7,13,20H,4,8-9H2,1-3H3,(H,19,21). The number of halogens is 2. The SMILES string of the molecule is CCOC1CC(CO)(NC(=O)c2cc(F)ccc2F)C1(C)C. The summed E-state index contributed by atoms with van der Waals surface area (Å²) >= 11 is 0. The zero-order valence-electron chi connectivity index (χ0n) is 13.0. The van der Waals surface area contributed by atoms with E-state index < -0.39 is 28.5 Å². The van der Waals surface area contributed by atoms with Gasteiger partial charge in [0.2, 0.25) is 0 Å². The van der Waals surface area contributed by atoms with Crippen LogP contribution in [0, 0.1) is 17.0 Å². The van der Waals surface area contributed by atoms with E-state index in [2.05, 4.69) is 5.32 Å². The van der Waals surface area contributed by atoms with Crippen LogP contribution in [-0.4, -0.2) is 35.9 Å². The fourth-order valence-electron chi connectivity index (χ4n) is 2.96. The number of ether oxygens (including phenoxy) is 1. The second-order valence-electron chi connectivity index (χ2n) is 6.19. The van der Waals surface area contributed by atoms with Gasteiger partial charge in [-0.25, -0.2) is 8.78 Å². The second-order valence-corrected chi connectivity index (χ2v) is 6.19. The average Bonchev–Trinajstić information content (AvgIpc) is 2.48. The Balaban J connectivity index is 2.21. The Morgan fingerprint density at radius 1 is 1.45 bits per heavy atom. The maximum absolute atomic E-state index is 13.7. The topological polar surface area (TPSA) is 58.6 Å². The molecule has 2 atom stereocenters. The number of aliphatic hydroxyl groups is 1. The van der Waals surface area contributed by atoms with Crippen molar-refractivity contribution in [1.29, 1.82) is 0 Å². The van der Waals surface area contributed by atoms with E-state index in [-0.39, 0.29) is 18.3 Å². The Hall–Kier alpha value is -1.53. The molecule has 1 aliphatic carbocycles. The Morgan fingerprint density at radius 3 is 2.68 bits per heavy atom. The first-order valence-electron chi connectivity index (χ1n) is 7.27. The molecule has 122 valence electrons. The summed E-state index contributed by atoms with van der Waals surface area (Å²) in [6.45, 7) is 5.84. The van der Waals surface area contributed by atoms with Crippen LogP contribution in [0.25, 0.3) is 0 Å². The quantitative estimate of drug-likeness (QED) is 0.876. The van der Waals surface area contributed by atoms with Gasteiger partial charge in [0.25, 0.3) is 5.91 Å². The monoisotopic (exact) mass is 313 g/mol. The highest BCUT2D eigenvalue weighted by Crippen LogP contribution is 2.51. The number of carbonyl (C=O) groups excluding carboxylic acids is 1. The lowest BCUT2D eigenvalue weighted by molar-refractivity contribution is -0.172. The minimum Gasteiger partial charge on any atom is -0.394 e. The number of hydrogen-bond acceptors (Lipinski definition) is 3. The molecule has 2 unspecified atom stereocenters. The summed E-state index contributed by atoms with van der Waals surface area (Å²) in [4.78, 5) is 12.3. The fraction of sp³-hybridized carbons (Fsp3) is 0.562. The van der Waals surface area contributed by atoms with Gasteiger partial charge >= 0.3 is 0 Å². The lowest BCUT2D eigenvalue weighted by Crippen LogP contribution is -2.74. The van der Waals surface area contributed by atoms with Gasteiger partial charge in [-0.3, -0.25) is 4.79 Å². The zero-order chi connectivity index (χ0) is 16.5. The van der Waals surface area contributed by atoms with Gasteiger partial charge in [-0.15, -0.1) is 0 Å². The van der Waals surface area contributed by atoms with Gasteiger partial charge in [-0.1, -0.05) is 13.8 Å². The van der Waals surface area contributed by atoms with Crippen molar-refractivity contribution < 1.29 is 23.4 Å². The van der Waals surface area contributed by atoms with Crippen molar-refractivity contribution in [3.8, 4) is 0 Å². The molecule has 1 aliphatic rings. The average molecular weight is 313 g/mol. The number of carbonyl (C=O) groups is 1. The van der Waals surface area contributed by atoms with E-state index >= 15 is 0 Å². The van der Waals surface area contributed by atoms with Crippen molar-refractivity contribution >= 4 is 5.91 Å². The van der Waals surface area contributed by atoms with Crippen LogP contribution >= 0.6 is 0 Å². The molecule has 0 aliphatic heterocycles. The van der Waals surface area contributed by atoms with E-state index in [1.165, 1.54) is 0 Å². The van der Waals surface area contributed by atoms with Gasteiger partial charge in [0, 0.05) is 18.4 Å². The zero-order valence-corrected chi connectivity index (χ0v) is 13.0. The van der Waals surface area contributed by atoms with Crippen molar-refractivity contribution in [3.05, 3.63) is 35.4 Å². The minimum absolute atomic E-state index is 0.109. The van der Waals surface area contributed by atoms with Gasteiger partial charge in [-0.2, -0.15) is 0 Å². The molecule has 2 rings (SSSR count). The molecule has 6 heteroatoms. The van der Waals surface area contributed by atoms with Crippen LogP contribution in [-0.2, 0) is 4.74 Å². The molecule has 0 radical (unpaired) electrons. The first kappa shape index (κ1) is 16.8. The molecule has 0 heterocycles. The molecule has 0 bridgehead atoms. The Kier molecular flexibility index (Phi) is 4.54. The summed E-state index contributed by atoms with van der Waals surface area (Å²) in [6, 6.07) is 2.71. The third-order valence-electron chi connectivity index (χ3n) is 4.74. The molecule has 1 aromatic carbocycles. The molecular weight excluding hydrogens is 292 g/mol. The van der Waals surface area contributed by atoms with E-state index in [0.29, 0.717) is 13.0 Å².